The van der Waals surface area contributed by atoms with Crippen molar-refractivity contribution in [3.8, 4) is 0 Å². The first-order valence-electron chi connectivity index (χ1n) is 5.09. The Labute approximate surface area is 98.3 Å². The quantitative estimate of drug-likeness (QED) is 0.753. The van der Waals surface area contributed by atoms with Crippen molar-refractivity contribution in [1.82, 2.24) is 0 Å². The summed E-state index contributed by atoms with van der Waals surface area (Å²) in [5.74, 6) is -1.38. The largest absolute Gasteiger partial charge is 0.386 e. The van der Waals surface area contributed by atoms with Crippen LogP contribution in [0.3, 0.4) is 0 Å². The third-order valence-electron chi connectivity index (χ3n) is 2.42. The van der Waals surface area contributed by atoms with Gasteiger partial charge in [-0.3, -0.25) is 4.79 Å². The van der Waals surface area contributed by atoms with Gasteiger partial charge in [0.15, 0.2) is 5.78 Å². The van der Waals surface area contributed by atoms with E-state index in [1.54, 1.807) is 24.3 Å². The van der Waals surface area contributed by atoms with Gasteiger partial charge in [-0.15, -0.1) is 0 Å². The summed E-state index contributed by atoms with van der Waals surface area (Å²) in [5, 5.41) is 10.6. The second-order valence-corrected chi connectivity index (χ2v) is 3.56. The third-order valence-corrected chi connectivity index (χ3v) is 2.42. The van der Waals surface area contributed by atoms with Crippen LogP contribution in [-0.2, 0) is 5.11 Å². The number of carbonyl (C=O) groups is 2. The molecule has 3 heteroatoms. The summed E-state index contributed by atoms with van der Waals surface area (Å²) in [6.07, 6.45) is 0. The molecule has 0 atom stereocenters. The molecule has 0 unspecified atom stereocenters. The van der Waals surface area contributed by atoms with Gasteiger partial charge in [0.2, 0.25) is 0 Å². The van der Waals surface area contributed by atoms with Gasteiger partial charge < -0.3 is 0 Å². The number of hydrogen-bond acceptors (Lipinski definition) is 2. The van der Waals surface area contributed by atoms with Crippen LogP contribution in [0.5, 0.6) is 0 Å². The van der Waals surface area contributed by atoms with Crippen LogP contribution in [0.4, 0.5) is 0 Å². The zero-order valence-electron chi connectivity index (χ0n) is 8.92. The average Bonchev–Trinajstić information content (AvgIpc) is 2.39. The van der Waals surface area contributed by atoms with Crippen LogP contribution in [-0.4, -0.2) is 11.8 Å². The predicted octanol–water partition coefficient (Wildman–Crippen LogP) is 2.49. The van der Waals surface area contributed by atoms with Gasteiger partial charge >= 0.3 is 5.97 Å². The summed E-state index contributed by atoms with van der Waals surface area (Å²) < 4.78 is 0. The normalized spacial score (nSPS) is 9.88. The molecule has 0 saturated carbocycles. The van der Waals surface area contributed by atoms with Crippen molar-refractivity contribution in [3.63, 3.8) is 0 Å². The van der Waals surface area contributed by atoms with E-state index in [2.05, 4.69) is 0 Å². The van der Waals surface area contributed by atoms with Gasteiger partial charge in [-0.25, -0.2) is 9.90 Å². The minimum Gasteiger partial charge on any atom is -0.289 e. The molecule has 0 aliphatic heterocycles. The maximum Gasteiger partial charge on any atom is 0.386 e. The Morgan fingerprint density at radius 1 is 0.647 bits per heavy atom. The van der Waals surface area contributed by atoms with Crippen LogP contribution < -0.4 is 0 Å². The highest BCUT2D eigenvalue weighted by Gasteiger charge is 2.10. The maximum absolute atomic E-state index is 12.0. The first-order valence-corrected chi connectivity index (χ1v) is 5.09. The van der Waals surface area contributed by atoms with E-state index < -0.39 is 5.97 Å². The first kappa shape index (κ1) is 11.1. The Morgan fingerprint density at radius 2 is 1.12 bits per heavy atom. The summed E-state index contributed by atoms with van der Waals surface area (Å²) >= 11 is 0. The molecule has 2 aromatic rings. The summed E-state index contributed by atoms with van der Waals surface area (Å²) in [6.45, 7) is 0. The fourth-order valence-corrected chi connectivity index (χ4v) is 1.51. The van der Waals surface area contributed by atoms with Crippen LogP contribution in [0, 0.1) is 0 Å². The lowest BCUT2D eigenvalue weighted by atomic mass is 10.0. The second-order valence-electron chi connectivity index (χ2n) is 3.56. The third kappa shape index (κ3) is 2.39. The maximum atomic E-state index is 12.0. The Bertz CT molecular complexity index is 541. The Kier molecular flexibility index (Phi) is 3.01. The van der Waals surface area contributed by atoms with E-state index in [-0.39, 0.29) is 11.3 Å². The molecule has 0 aliphatic carbocycles. The van der Waals surface area contributed by atoms with Gasteiger partial charge in [0.05, 0.1) is 5.56 Å². The number of benzene rings is 2. The van der Waals surface area contributed by atoms with Crippen molar-refractivity contribution >= 4 is 11.8 Å². The van der Waals surface area contributed by atoms with Gasteiger partial charge in [-0.1, -0.05) is 42.5 Å². The molecule has 0 heterocycles. The van der Waals surface area contributed by atoms with E-state index in [9.17, 15) is 14.7 Å². The molecule has 17 heavy (non-hydrogen) atoms. The zero-order chi connectivity index (χ0) is 12.3. The highest BCUT2D eigenvalue weighted by molar-refractivity contribution is 6.09. The van der Waals surface area contributed by atoms with Gasteiger partial charge in [-0.05, 0) is 12.1 Å². The molecule has 2 aromatic carbocycles. The standard InChI is InChI=1S/C14H9O3/c15-13(10-4-2-1-3-5-10)11-6-8-12(9-7-11)14(16)17/h1-9H. The number of carbonyl (C=O) groups excluding carboxylic acids is 2. The van der Waals surface area contributed by atoms with E-state index in [0.29, 0.717) is 11.1 Å². The van der Waals surface area contributed by atoms with Crippen molar-refractivity contribution < 1.29 is 14.7 Å². The van der Waals surface area contributed by atoms with Crippen molar-refractivity contribution in [1.29, 1.82) is 0 Å². The molecule has 0 spiro atoms. The van der Waals surface area contributed by atoms with Gasteiger partial charge in [-0.2, -0.15) is 0 Å². The summed E-state index contributed by atoms with van der Waals surface area (Å²) in [6, 6.07) is 14.5. The lowest BCUT2D eigenvalue weighted by molar-refractivity contribution is 0.0573. The zero-order valence-corrected chi connectivity index (χ0v) is 8.92. The Balaban J connectivity index is 2.30. The minimum absolute atomic E-state index is 0.0645. The first-order chi connectivity index (χ1) is 8.18. The fraction of sp³-hybridized carbons (Fsp3) is 0. The molecular weight excluding hydrogens is 216 g/mol. The number of ketones is 1. The molecule has 0 N–H and O–H groups in total. The molecule has 0 saturated heterocycles. The lowest BCUT2D eigenvalue weighted by Crippen LogP contribution is -2.02. The van der Waals surface area contributed by atoms with Crippen LogP contribution in [0.25, 0.3) is 0 Å². The molecule has 3 nitrogen and oxygen atoms in total. The van der Waals surface area contributed by atoms with Crippen molar-refractivity contribution in [2.24, 2.45) is 0 Å². The molecule has 1 radical (unpaired) electrons. The van der Waals surface area contributed by atoms with Crippen molar-refractivity contribution in [3.05, 3.63) is 71.3 Å². The van der Waals surface area contributed by atoms with E-state index in [4.69, 9.17) is 0 Å². The molecular formula is C14H9O3. The van der Waals surface area contributed by atoms with Crippen LogP contribution >= 0.6 is 0 Å². The van der Waals surface area contributed by atoms with E-state index >= 15 is 0 Å². The SMILES string of the molecule is [O]C(=O)c1ccc(C(=O)c2ccccc2)cc1. The minimum atomic E-state index is -1.25. The predicted molar refractivity (Wildman–Crippen MR) is 61.3 cm³/mol. The second kappa shape index (κ2) is 4.61. The highest BCUT2D eigenvalue weighted by atomic mass is 16.4. The molecule has 0 fully saturated rings. The number of hydrogen-bond donors (Lipinski definition) is 0. The number of rotatable bonds is 3. The highest BCUT2D eigenvalue weighted by Crippen LogP contribution is 2.11. The molecule has 83 valence electrons. The van der Waals surface area contributed by atoms with Gasteiger partial charge in [0.25, 0.3) is 0 Å². The van der Waals surface area contributed by atoms with Gasteiger partial charge in [0.1, 0.15) is 0 Å². The lowest BCUT2D eigenvalue weighted by Gasteiger charge is -2.01. The Morgan fingerprint density at radius 3 is 1.65 bits per heavy atom. The Hall–Kier alpha value is -2.42. The van der Waals surface area contributed by atoms with Crippen LogP contribution in [0.1, 0.15) is 26.3 Å². The monoisotopic (exact) mass is 225 g/mol. The topological polar surface area (TPSA) is 54.0 Å². The molecule has 2 rings (SSSR count). The van der Waals surface area contributed by atoms with Crippen molar-refractivity contribution in [2.75, 3.05) is 0 Å². The molecule has 0 amide bonds. The van der Waals surface area contributed by atoms with Crippen molar-refractivity contribution in [2.45, 2.75) is 0 Å². The van der Waals surface area contributed by atoms with E-state index in [0.717, 1.165) is 0 Å². The molecule has 0 aromatic heterocycles. The molecule has 0 aliphatic rings. The summed E-state index contributed by atoms with van der Waals surface area (Å²) in [5.41, 5.74) is 1.10. The van der Waals surface area contributed by atoms with Gasteiger partial charge in [0, 0.05) is 11.1 Å². The van der Waals surface area contributed by atoms with Crippen LogP contribution in [0.15, 0.2) is 54.6 Å². The average molecular weight is 225 g/mol. The smallest absolute Gasteiger partial charge is 0.289 e. The fourth-order valence-electron chi connectivity index (χ4n) is 1.51. The van der Waals surface area contributed by atoms with Crippen LogP contribution in [0.2, 0.25) is 0 Å². The molecule has 0 bridgehead atoms. The van der Waals surface area contributed by atoms with E-state index in [1.807, 2.05) is 6.07 Å². The summed E-state index contributed by atoms with van der Waals surface area (Å²) in [7, 11) is 0. The van der Waals surface area contributed by atoms with E-state index in [1.165, 1.54) is 24.3 Å². The summed E-state index contributed by atoms with van der Waals surface area (Å²) in [4.78, 5) is 22.5.